The summed E-state index contributed by atoms with van der Waals surface area (Å²) in [6.07, 6.45) is 9.89. The Morgan fingerprint density at radius 2 is 2.07 bits per heavy atom. The quantitative estimate of drug-likeness (QED) is 0.780. The van der Waals surface area contributed by atoms with E-state index in [1.165, 1.54) is 42.7 Å². The minimum atomic E-state index is 0.197. The van der Waals surface area contributed by atoms with Crippen molar-refractivity contribution >= 4 is 17.2 Å². The monoisotopic (exact) mass is 396 g/mol. The first-order chi connectivity index (χ1) is 13.7. The van der Waals surface area contributed by atoms with Gasteiger partial charge in [0.2, 0.25) is 0 Å². The summed E-state index contributed by atoms with van der Waals surface area (Å²) in [6.45, 7) is 3.62. The van der Waals surface area contributed by atoms with E-state index < -0.39 is 0 Å². The van der Waals surface area contributed by atoms with Gasteiger partial charge in [0.25, 0.3) is 5.91 Å². The van der Waals surface area contributed by atoms with Crippen LogP contribution in [-0.2, 0) is 25.8 Å². The van der Waals surface area contributed by atoms with Crippen molar-refractivity contribution in [2.75, 3.05) is 26.7 Å². The molecule has 1 aliphatic carbocycles. The highest BCUT2D eigenvalue weighted by molar-refractivity contribution is 7.10. The van der Waals surface area contributed by atoms with Crippen molar-refractivity contribution in [1.82, 2.24) is 19.8 Å². The number of likely N-dealkylation sites (N-methyl/N-ethyl adjacent to an activating group) is 1. The minimum absolute atomic E-state index is 0.197. The molecule has 0 spiro atoms. The van der Waals surface area contributed by atoms with Crippen molar-refractivity contribution in [3.05, 3.63) is 44.7 Å². The highest BCUT2D eigenvalue weighted by atomic mass is 32.1. The molecule has 1 fully saturated rings. The molecule has 6 heteroatoms. The molecule has 0 saturated carbocycles. The van der Waals surface area contributed by atoms with Crippen LogP contribution in [0, 0.1) is 0 Å². The number of hydrogen-bond donors (Lipinski definition) is 0. The standard InChI is InChI=1S/C22H28N4OS/c1-25-9-4-5-15(12-25)21-23-11-16-13-26(10-8-19(16)24-21)22(27)18-14-28-20-7-3-2-6-17(18)20/h11,14-15H,2-10,12-13H2,1H3/t15-/m0/s1. The summed E-state index contributed by atoms with van der Waals surface area (Å²) in [5.74, 6) is 1.64. The average Bonchev–Trinajstić information content (AvgIpc) is 3.16. The maximum Gasteiger partial charge on any atom is 0.255 e. The molecule has 2 aliphatic heterocycles. The molecule has 4 heterocycles. The lowest BCUT2D eigenvalue weighted by molar-refractivity contribution is 0.0732. The van der Waals surface area contributed by atoms with E-state index >= 15 is 0 Å². The smallest absolute Gasteiger partial charge is 0.255 e. The number of nitrogens with zero attached hydrogens (tertiary/aromatic N) is 4. The number of likely N-dealkylation sites (tertiary alicyclic amines) is 1. The fourth-order valence-corrected chi connectivity index (χ4v) is 6.04. The number of amides is 1. The first-order valence-electron chi connectivity index (χ1n) is 10.6. The molecule has 0 radical (unpaired) electrons. The van der Waals surface area contributed by atoms with Gasteiger partial charge in [-0.25, -0.2) is 9.97 Å². The van der Waals surface area contributed by atoms with E-state index in [1.54, 1.807) is 11.3 Å². The van der Waals surface area contributed by atoms with Gasteiger partial charge in [-0.1, -0.05) is 0 Å². The fourth-order valence-electron chi connectivity index (χ4n) is 4.92. The van der Waals surface area contributed by atoms with Crippen LogP contribution in [0.25, 0.3) is 0 Å². The van der Waals surface area contributed by atoms with Gasteiger partial charge in [-0.3, -0.25) is 4.79 Å². The molecule has 5 rings (SSSR count). The van der Waals surface area contributed by atoms with Crippen LogP contribution in [0.15, 0.2) is 11.6 Å². The van der Waals surface area contributed by atoms with Gasteiger partial charge in [0.1, 0.15) is 5.82 Å². The van der Waals surface area contributed by atoms with E-state index in [1.807, 2.05) is 11.1 Å². The summed E-state index contributed by atoms with van der Waals surface area (Å²) >= 11 is 1.77. The van der Waals surface area contributed by atoms with Crippen LogP contribution in [0.1, 0.15) is 69.5 Å². The van der Waals surface area contributed by atoms with Crippen molar-refractivity contribution in [2.24, 2.45) is 0 Å². The maximum atomic E-state index is 13.2. The topological polar surface area (TPSA) is 49.3 Å². The van der Waals surface area contributed by atoms with Crippen molar-refractivity contribution in [3.8, 4) is 0 Å². The van der Waals surface area contributed by atoms with Gasteiger partial charge in [0.05, 0.1) is 11.3 Å². The minimum Gasteiger partial charge on any atom is -0.334 e. The summed E-state index contributed by atoms with van der Waals surface area (Å²) in [5, 5.41) is 2.09. The van der Waals surface area contributed by atoms with Gasteiger partial charge in [0, 0.05) is 54.0 Å². The number of aromatic nitrogens is 2. The highest BCUT2D eigenvalue weighted by Gasteiger charge is 2.28. The molecule has 0 bridgehead atoms. The Morgan fingerprint density at radius 3 is 2.96 bits per heavy atom. The van der Waals surface area contributed by atoms with Crippen LogP contribution in [0.3, 0.4) is 0 Å². The van der Waals surface area contributed by atoms with Crippen LogP contribution in [0.4, 0.5) is 0 Å². The van der Waals surface area contributed by atoms with Crippen LogP contribution in [0.5, 0.6) is 0 Å². The Balaban J connectivity index is 1.33. The third-order valence-electron chi connectivity index (χ3n) is 6.52. The predicted molar refractivity (Wildman–Crippen MR) is 111 cm³/mol. The number of piperidine rings is 1. The van der Waals surface area contributed by atoms with Crippen molar-refractivity contribution in [3.63, 3.8) is 0 Å². The van der Waals surface area contributed by atoms with Gasteiger partial charge in [-0.15, -0.1) is 11.3 Å². The van der Waals surface area contributed by atoms with Gasteiger partial charge in [-0.05, 0) is 57.7 Å². The molecule has 28 heavy (non-hydrogen) atoms. The Morgan fingerprint density at radius 1 is 1.18 bits per heavy atom. The van der Waals surface area contributed by atoms with E-state index in [0.29, 0.717) is 12.5 Å². The number of carbonyl (C=O) groups excluding carboxylic acids is 1. The van der Waals surface area contributed by atoms with E-state index in [9.17, 15) is 4.79 Å². The molecule has 3 aliphatic rings. The molecule has 2 aromatic rings. The summed E-state index contributed by atoms with van der Waals surface area (Å²) in [5.41, 5.74) is 4.54. The molecule has 0 unspecified atom stereocenters. The van der Waals surface area contributed by atoms with E-state index in [2.05, 4.69) is 17.3 Å². The zero-order valence-electron chi connectivity index (χ0n) is 16.6. The Labute approximate surface area is 170 Å². The maximum absolute atomic E-state index is 13.2. The molecular formula is C22H28N4OS. The Hall–Kier alpha value is -1.79. The lowest BCUT2D eigenvalue weighted by atomic mass is 9.95. The summed E-state index contributed by atoms with van der Waals surface area (Å²) < 4.78 is 0. The molecule has 1 amide bonds. The summed E-state index contributed by atoms with van der Waals surface area (Å²) in [7, 11) is 2.18. The second kappa shape index (κ2) is 7.56. The van der Waals surface area contributed by atoms with E-state index in [-0.39, 0.29) is 5.91 Å². The Kier molecular flexibility index (Phi) is 4.93. The van der Waals surface area contributed by atoms with Gasteiger partial charge in [0.15, 0.2) is 0 Å². The number of rotatable bonds is 2. The van der Waals surface area contributed by atoms with Gasteiger partial charge in [-0.2, -0.15) is 0 Å². The van der Waals surface area contributed by atoms with Crippen molar-refractivity contribution in [2.45, 2.75) is 57.4 Å². The van der Waals surface area contributed by atoms with Gasteiger partial charge >= 0.3 is 0 Å². The second-order valence-corrected chi connectivity index (χ2v) is 9.50. The number of aryl methyl sites for hydroxylation is 1. The molecular weight excluding hydrogens is 368 g/mol. The summed E-state index contributed by atoms with van der Waals surface area (Å²) in [6, 6.07) is 0. The summed E-state index contributed by atoms with van der Waals surface area (Å²) in [4.78, 5) is 28.6. The molecule has 5 nitrogen and oxygen atoms in total. The highest BCUT2D eigenvalue weighted by Crippen LogP contribution is 2.32. The molecule has 0 N–H and O–H groups in total. The predicted octanol–water partition coefficient (Wildman–Crippen LogP) is 3.42. The van der Waals surface area contributed by atoms with E-state index in [0.717, 1.165) is 55.0 Å². The molecule has 148 valence electrons. The number of fused-ring (bicyclic) bond motifs is 2. The third kappa shape index (κ3) is 3.37. The molecule has 1 atom stereocenters. The largest absolute Gasteiger partial charge is 0.334 e. The SMILES string of the molecule is CN1CCC[C@H](c2ncc3c(n2)CCN(C(=O)c2csc4c2CCCC4)C3)C1. The van der Waals surface area contributed by atoms with Gasteiger partial charge < -0.3 is 9.80 Å². The number of carbonyl (C=O) groups is 1. The zero-order valence-corrected chi connectivity index (χ0v) is 17.4. The zero-order chi connectivity index (χ0) is 19.1. The third-order valence-corrected chi connectivity index (χ3v) is 7.61. The van der Waals surface area contributed by atoms with E-state index in [4.69, 9.17) is 9.97 Å². The fraction of sp³-hybridized carbons (Fsp3) is 0.591. The van der Waals surface area contributed by atoms with Crippen LogP contribution >= 0.6 is 11.3 Å². The molecule has 2 aromatic heterocycles. The normalized spacial score (nSPS) is 22.6. The van der Waals surface area contributed by atoms with Crippen molar-refractivity contribution < 1.29 is 4.79 Å². The average molecular weight is 397 g/mol. The van der Waals surface area contributed by atoms with Crippen LogP contribution in [-0.4, -0.2) is 52.4 Å². The van der Waals surface area contributed by atoms with Crippen LogP contribution in [0.2, 0.25) is 0 Å². The van der Waals surface area contributed by atoms with Crippen LogP contribution < -0.4 is 0 Å². The molecule has 0 aromatic carbocycles. The first kappa shape index (κ1) is 18.3. The molecule has 1 saturated heterocycles. The number of hydrogen-bond acceptors (Lipinski definition) is 5. The lowest BCUT2D eigenvalue weighted by Crippen LogP contribution is -2.37. The first-order valence-corrected chi connectivity index (χ1v) is 11.5. The lowest BCUT2D eigenvalue weighted by Gasteiger charge is -2.31. The number of thiophene rings is 1. The Bertz CT molecular complexity index is 893. The van der Waals surface area contributed by atoms with Crippen molar-refractivity contribution in [1.29, 1.82) is 0 Å². The second-order valence-electron chi connectivity index (χ2n) is 8.54.